The number of hydrogen-bond donors (Lipinski definition) is 2. The number of rotatable bonds is 4. The van der Waals surface area contributed by atoms with E-state index in [0.717, 1.165) is 0 Å². The zero-order chi connectivity index (χ0) is 17.0. The van der Waals surface area contributed by atoms with Crippen molar-refractivity contribution < 1.29 is 35.9 Å². The van der Waals surface area contributed by atoms with Crippen molar-refractivity contribution in [2.75, 3.05) is 0 Å². The number of nitrogens with one attached hydrogen (secondary N) is 2. The van der Waals surface area contributed by atoms with Gasteiger partial charge in [0.25, 0.3) is 0 Å². The van der Waals surface area contributed by atoms with Crippen LogP contribution >= 0.6 is 0 Å². The number of halogens is 6. The van der Waals surface area contributed by atoms with Crippen molar-refractivity contribution in [2.45, 2.75) is 25.4 Å². The van der Waals surface area contributed by atoms with Gasteiger partial charge in [-0.15, -0.1) is 0 Å². The van der Waals surface area contributed by atoms with E-state index in [2.05, 4.69) is 0 Å². The summed E-state index contributed by atoms with van der Waals surface area (Å²) in [6.07, 6.45) is -9.97. The van der Waals surface area contributed by atoms with Gasteiger partial charge >= 0.3 is 24.2 Å². The molecule has 0 spiro atoms. The van der Waals surface area contributed by atoms with Crippen LogP contribution in [-0.4, -0.2) is 24.2 Å². The van der Waals surface area contributed by atoms with Gasteiger partial charge < -0.3 is 10.6 Å². The summed E-state index contributed by atoms with van der Waals surface area (Å²) in [5.41, 5.74) is 0.645. The first-order valence-electron chi connectivity index (χ1n) is 5.78. The molecule has 0 saturated carbocycles. The Bertz CT molecular complexity index is 487. The predicted octanol–water partition coefficient (Wildman–Crippen LogP) is 2.04. The molecule has 122 valence electrons. The number of carbonyl (C=O) groups excluding carboxylic acids is 2. The van der Waals surface area contributed by atoms with E-state index in [9.17, 15) is 35.9 Å². The van der Waals surface area contributed by atoms with Gasteiger partial charge in [0.15, 0.2) is 0 Å². The molecule has 0 aromatic heterocycles. The monoisotopic (exact) mass is 328 g/mol. The van der Waals surface area contributed by atoms with Crippen LogP contribution in [0.4, 0.5) is 26.3 Å². The summed E-state index contributed by atoms with van der Waals surface area (Å²) in [6.45, 7) is -0.763. The average Bonchev–Trinajstić information content (AvgIpc) is 2.41. The minimum Gasteiger partial charge on any atom is -0.344 e. The van der Waals surface area contributed by atoms with E-state index in [1.807, 2.05) is 0 Å². The van der Waals surface area contributed by atoms with Gasteiger partial charge in [0.2, 0.25) is 0 Å². The SMILES string of the molecule is O=C(NCc1ccc(CNC(=O)C(F)(F)F)cc1)C(F)(F)F. The molecule has 22 heavy (non-hydrogen) atoms. The molecule has 0 unspecified atom stereocenters. The highest BCUT2D eigenvalue weighted by atomic mass is 19.4. The van der Waals surface area contributed by atoms with E-state index < -0.39 is 24.2 Å². The fourth-order valence-corrected chi connectivity index (χ4v) is 1.34. The van der Waals surface area contributed by atoms with E-state index in [-0.39, 0.29) is 13.1 Å². The molecule has 2 N–H and O–H groups in total. The van der Waals surface area contributed by atoms with Crippen molar-refractivity contribution in [1.29, 1.82) is 0 Å². The maximum Gasteiger partial charge on any atom is 0.471 e. The first-order valence-corrected chi connectivity index (χ1v) is 5.78. The molecule has 1 rings (SSSR count). The molecule has 0 saturated heterocycles. The molecule has 0 heterocycles. The van der Waals surface area contributed by atoms with Crippen molar-refractivity contribution in [3.8, 4) is 0 Å². The van der Waals surface area contributed by atoms with Crippen LogP contribution in [0, 0.1) is 0 Å². The highest BCUT2D eigenvalue weighted by Crippen LogP contribution is 2.15. The summed E-state index contributed by atoms with van der Waals surface area (Å²) in [4.78, 5) is 21.2. The lowest BCUT2D eigenvalue weighted by Gasteiger charge is -2.10. The van der Waals surface area contributed by atoms with E-state index in [4.69, 9.17) is 0 Å². The van der Waals surface area contributed by atoms with E-state index in [1.54, 1.807) is 10.6 Å². The van der Waals surface area contributed by atoms with Crippen LogP contribution in [0.3, 0.4) is 0 Å². The zero-order valence-corrected chi connectivity index (χ0v) is 10.8. The lowest BCUT2D eigenvalue weighted by molar-refractivity contribution is -0.173. The fraction of sp³-hybridized carbons (Fsp3) is 0.333. The van der Waals surface area contributed by atoms with Crippen molar-refractivity contribution in [2.24, 2.45) is 0 Å². The van der Waals surface area contributed by atoms with Gasteiger partial charge in [0.1, 0.15) is 0 Å². The third kappa shape index (κ3) is 5.62. The van der Waals surface area contributed by atoms with Crippen LogP contribution in [0.15, 0.2) is 24.3 Å². The Labute approximate surface area is 120 Å². The standard InChI is InChI=1S/C12H10F6N2O2/c13-11(14,15)9(21)19-5-7-1-2-8(4-3-7)6-20-10(22)12(16,17)18/h1-4H,5-6H2,(H,19,21)(H,20,22). The number of amides is 2. The molecule has 0 atom stereocenters. The second kappa shape index (κ2) is 6.67. The second-order valence-corrected chi connectivity index (χ2v) is 4.18. The summed E-state index contributed by atoms with van der Waals surface area (Å²) >= 11 is 0. The number of benzene rings is 1. The van der Waals surface area contributed by atoms with Crippen LogP contribution in [0.2, 0.25) is 0 Å². The van der Waals surface area contributed by atoms with Crippen LogP contribution in [0.1, 0.15) is 11.1 Å². The van der Waals surface area contributed by atoms with Gasteiger partial charge in [-0.1, -0.05) is 24.3 Å². The largest absolute Gasteiger partial charge is 0.471 e. The Morgan fingerprint density at radius 3 is 1.23 bits per heavy atom. The molecule has 1 aromatic carbocycles. The van der Waals surface area contributed by atoms with Crippen LogP contribution in [0.25, 0.3) is 0 Å². The Balaban J connectivity index is 2.50. The van der Waals surface area contributed by atoms with E-state index >= 15 is 0 Å². The van der Waals surface area contributed by atoms with Crippen LogP contribution < -0.4 is 10.6 Å². The van der Waals surface area contributed by atoms with Gasteiger partial charge in [0.05, 0.1) is 0 Å². The second-order valence-electron chi connectivity index (χ2n) is 4.18. The lowest BCUT2D eigenvalue weighted by atomic mass is 10.1. The molecule has 0 aliphatic heterocycles. The molecule has 0 bridgehead atoms. The highest BCUT2D eigenvalue weighted by Gasteiger charge is 2.38. The molecular formula is C12H10F6N2O2. The van der Waals surface area contributed by atoms with Crippen LogP contribution in [-0.2, 0) is 22.7 Å². The van der Waals surface area contributed by atoms with Crippen molar-refractivity contribution in [3.63, 3.8) is 0 Å². The summed E-state index contributed by atoms with van der Waals surface area (Å²) in [5.74, 6) is -4.18. The number of alkyl halides is 6. The minimum absolute atomic E-state index is 0.323. The van der Waals surface area contributed by atoms with Gasteiger partial charge in [0, 0.05) is 13.1 Å². The maximum atomic E-state index is 11.9. The quantitative estimate of drug-likeness (QED) is 0.831. The molecule has 10 heteroatoms. The maximum absolute atomic E-state index is 11.9. The Kier molecular flexibility index (Phi) is 5.39. The third-order valence-corrected chi connectivity index (χ3v) is 2.44. The summed E-state index contributed by atoms with van der Waals surface area (Å²) < 4.78 is 71.7. The molecule has 1 aromatic rings. The summed E-state index contributed by atoms with van der Waals surface area (Å²) in [5, 5.41) is 3.29. The molecule has 2 amide bonds. The zero-order valence-electron chi connectivity index (χ0n) is 10.8. The first-order chi connectivity index (χ1) is 10.00. The van der Waals surface area contributed by atoms with Crippen molar-refractivity contribution in [3.05, 3.63) is 35.4 Å². The molecular weight excluding hydrogens is 318 g/mol. The Hall–Kier alpha value is -2.26. The van der Waals surface area contributed by atoms with Gasteiger partial charge in [-0.25, -0.2) is 0 Å². The lowest BCUT2D eigenvalue weighted by Crippen LogP contribution is -2.36. The molecule has 0 aliphatic rings. The Morgan fingerprint density at radius 1 is 0.727 bits per heavy atom. The minimum atomic E-state index is -4.98. The molecule has 0 radical (unpaired) electrons. The van der Waals surface area contributed by atoms with E-state index in [0.29, 0.717) is 11.1 Å². The highest BCUT2D eigenvalue weighted by molar-refractivity contribution is 5.82. The smallest absolute Gasteiger partial charge is 0.344 e. The number of hydrogen-bond acceptors (Lipinski definition) is 2. The topological polar surface area (TPSA) is 58.2 Å². The molecule has 4 nitrogen and oxygen atoms in total. The Morgan fingerprint density at radius 2 is 1.00 bits per heavy atom. The van der Waals surface area contributed by atoms with Gasteiger partial charge in [-0.05, 0) is 11.1 Å². The molecule has 0 fully saturated rings. The third-order valence-electron chi connectivity index (χ3n) is 2.44. The predicted molar refractivity (Wildman–Crippen MR) is 62.2 cm³/mol. The summed E-state index contributed by atoms with van der Waals surface area (Å²) in [6, 6.07) is 5.30. The number of carbonyl (C=O) groups is 2. The van der Waals surface area contributed by atoms with Gasteiger partial charge in [-0.2, -0.15) is 26.3 Å². The first kappa shape index (κ1) is 17.8. The van der Waals surface area contributed by atoms with Crippen molar-refractivity contribution >= 4 is 11.8 Å². The van der Waals surface area contributed by atoms with E-state index in [1.165, 1.54) is 24.3 Å². The van der Waals surface area contributed by atoms with Crippen molar-refractivity contribution in [1.82, 2.24) is 10.6 Å². The summed E-state index contributed by atoms with van der Waals surface area (Å²) in [7, 11) is 0. The van der Waals surface area contributed by atoms with Crippen LogP contribution in [0.5, 0.6) is 0 Å². The normalized spacial score (nSPS) is 11.9. The average molecular weight is 328 g/mol. The molecule has 0 aliphatic carbocycles. The van der Waals surface area contributed by atoms with Gasteiger partial charge in [-0.3, -0.25) is 9.59 Å². The fourth-order valence-electron chi connectivity index (χ4n) is 1.34.